The molecule has 3 heterocycles. The number of allylic oxidation sites excluding steroid dienone is 3. The molecule has 2 fully saturated rings. The van der Waals surface area contributed by atoms with Gasteiger partial charge in [-0.2, -0.15) is 0 Å². The van der Waals surface area contributed by atoms with Gasteiger partial charge in [0.25, 0.3) is 11.8 Å². The van der Waals surface area contributed by atoms with Gasteiger partial charge in [0.2, 0.25) is 5.91 Å². The molecule has 17 heteroatoms. The standard InChI is InChI=1S/C63H84N2O15/c1-6-8-10-11-12-13-14-15-16-17-18-19-20-21-28-38-53(69)64-54-58(76-45(4)67)56(75-44(3)66)51(42-72-40-47-32-24-22-25-33-47)78-62(54)80-57-52(43-73-41-48-34-26-23-27-35-48)79-63(74-39-31-9-7-2)55(59(57)77-46(5)68)65-60(70)49-36-29-30-37-50(49)61(65)71/h7,13-14,22-27,29-30,32-37,51-52,54-59,62-63H,2,6,8-12,15-21,28,31,38-43H2,1,3-5H3,(H,64,69)/b14-13-/t51-,52-,54-,55-,56-,57-,58-,59-,62+,63-/m1/s1. The van der Waals surface area contributed by atoms with Crippen LogP contribution in [0.25, 0.3) is 0 Å². The first kappa shape index (κ1) is 63.1. The fourth-order valence-corrected chi connectivity index (χ4v) is 10.3. The first-order valence-corrected chi connectivity index (χ1v) is 28.7. The molecule has 2 saturated heterocycles. The van der Waals surface area contributed by atoms with Crippen LogP contribution in [0.15, 0.2) is 110 Å². The van der Waals surface area contributed by atoms with Crippen molar-refractivity contribution >= 4 is 35.6 Å². The maximum atomic E-state index is 14.5. The van der Waals surface area contributed by atoms with E-state index in [1.807, 2.05) is 60.7 Å². The summed E-state index contributed by atoms with van der Waals surface area (Å²) in [5, 5.41) is 3.01. The van der Waals surface area contributed by atoms with E-state index in [9.17, 15) is 28.8 Å². The van der Waals surface area contributed by atoms with E-state index in [1.54, 1.807) is 18.2 Å². The first-order chi connectivity index (χ1) is 38.9. The number of nitrogens with zero attached hydrogens (tertiary/aromatic N) is 1. The topological polar surface area (TPSA) is 201 Å². The summed E-state index contributed by atoms with van der Waals surface area (Å²) in [6.07, 6.45) is 10.3. The predicted molar refractivity (Wildman–Crippen MR) is 299 cm³/mol. The molecule has 3 aromatic carbocycles. The van der Waals surface area contributed by atoms with Gasteiger partial charge in [0, 0.05) is 27.2 Å². The van der Waals surface area contributed by atoms with Crippen molar-refractivity contribution in [1.29, 1.82) is 0 Å². The Hall–Kier alpha value is -6.08. The molecule has 3 amide bonds. The third-order valence-corrected chi connectivity index (χ3v) is 14.2. The van der Waals surface area contributed by atoms with Crippen molar-refractivity contribution in [2.45, 2.75) is 205 Å². The van der Waals surface area contributed by atoms with Crippen LogP contribution in [0.4, 0.5) is 0 Å². The summed E-state index contributed by atoms with van der Waals surface area (Å²) in [5.41, 5.74) is 1.92. The molecule has 17 nitrogen and oxygen atoms in total. The molecule has 3 aromatic rings. The molecule has 0 radical (unpaired) electrons. The quantitative estimate of drug-likeness (QED) is 0.0192. The summed E-state index contributed by atoms with van der Waals surface area (Å²) in [6.45, 7) is 9.51. The lowest BCUT2D eigenvalue weighted by molar-refractivity contribution is -0.339. The van der Waals surface area contributed by atoms with Crippen molar-refractivity contribution in [1.82, 2.24) is 10.2 Å². The molecule has 1 N–H and O–H groups in total. The second-order valence-corrected chi connectivity index (χ2v) is 20.7. The van der Waals surface area contributed by atoms with Crippen molar-refractivity contribution in [3.63, 3.8) is 0 Å². The van der Waals surface area contributed by atoms with Crippen LogP contribution in [0, 0.1) is 0 Å². The molecule has 0 spiro atoms. The number of esters is 3. The number of rotatable bonds is 35. The van der Waals surface area contributed by atoms with Crippen LogP contribution in [0.3, 0.4) is 0 Å². The van der Waals surface area contributed by atoms with Gasteiger partial charge < -0.3 is 47.9 Å². The fourth-order valence-electron chi connectivity index (χ4n) is 10.3. The average Bonchev–Trinajstić information content (AvgIpc) is 3.79. The number of unbranched alkanes of at least 4 members (excludes halogenated alkanes) is 12. The zero-order chi connectivity index (χ0) is 57.1. The Balaban J connectivity index is 1.32. The van der Waals surface area contributed by atoms with Crippen LogP contribution in [0.5, 0.6) is 0 Å². The molecule has 0 aliphatic carbocycles. The number of amides is 3. The molecular weight excluding hydrogens is 1020 g/mol. The summed E-state index contributed by atoms with van der Waals surface area (Å²) >= 11 is 0. The Labute approximate surface area is 472 Å². The first-order valence-electron chi connectivity index (χ1n) is 28.7. The van der Waals surface area contributed by atoms with Crippen LogP contribution >= 0.6 is 0 Å². The summed E-state index contributed by atoms with van der Waals surface area (Å²) in [4.78, 5) is 83.9. The van der Waals surface area contributed by atoms with Crippen molar-refractivity contribution in [3.05, 3.63) is 132 Å². The van der Waals surface area contributed by atoms with Gasteiger partial charge in [0.15, 0.2) is 30.9 Å². The predicted octanol–water partition coefficient (Wildman–Crippen LogP) is 10.2. The highest BCUT2D eigenvalue weighted by Crippen LogP contribution is 2.38. The molecule has 0 unspecified atom stereocenters. The molecule has 0 bridgehead atoms. The number of ether oxygens (including phenoxy) is 9. The van der Waals surface area contributed by atoms with Gasteiger partial charge in [0.05, 0.1) is 44.2 Å². The van der Waals surface area contributed by atoms with E-state index in [-0.39, 0.29) is 50.6 Å². The summed E-state index contributed by atoms with van der Waals surface area (Å²) in [5.74, 6) is -4.07. The molecule has 3 aliphatic heterocycles. The normalized spacial score (nSPS) is 23.6. The lowest BCUT2D eigenvalue weighted by Gasteiger charge is -2.50. The molecule has 80 heavy (non-hydrogen) atoms. The van der Waals surface area contributed by atoms with Gasteiger partial charge in [0.1, 0.15) is 30.4 Å². The molecule has 10 atom stereocenters. The van der Waals surface area contributed by atoms with E-state index in [0.29, 0.717) is 19.3 Å². The SMILES string of the molecule is C=CCCCO[C@@H]1O[C@H](COCc2ccccc2)[C@@H](O[C@@H]2O[C@H](COCc3ccccc3)[C@@H](OC(C)=O)[C@H](OC(C)=O)[C@H]2NC(=O)CCCCCCCCC/C=C\CCCCCC)[C@H](OC(C)=O)[C@H]1N1C(=O)c2ccccc2C1=O. The van der Waals surface area contributed by atoms with Gasteiger partial charge >= 0.3 is 17.9 Å². The number of carbonyl (C=O) groups excluding carboxylic acids is 6. The van der Waals surface area contributed by atoms with Crippen molar-refractivity contribution in [3.8, 4) is 0 Å². The van der Waals surface area contributed by atoms with Crippen molar-refractivity contribution in [2.75, 3.05) is 19.8 Å². The maximum Gasteiger partial charge on any atom is 0.303 e. The number of hydrogen-bond acceptors (Lipinski definition) is 15. The summed E-state index contributed by atoms with van der Waals surface area (Å²) < 4.78 is 57.7. The van der Waals surface area contributed by atoms with Gasteiger partial charge in [-0.25, -0.2) is 0 Å². The zero-order valence-corrected chi connectivity index (χ0v) is 47.2. The minimum absolute atomic E-state index is 0.0894. The van der Waals surface area contributed by atoms with E-state index in [4.69, 9.17) is 42.6 Å². The van der Waals surface area contributed by atoms with Crippen LogP contribution in [-0.4, -0.2) is 122 Å². The van der Waals surface area contributed by atoms with Gasteiger partial charge in [-0.3, -0.25) is 33.7 Å². The Morgan fingerprint density at radius 1 is 0.575 bits per heavy atom. The van der Waals surface area contributed by atoms with E-state index < -0.39 is 96.9 Å². The molecule has 0 aromatic heterocycles. The Morgan fingerprint density at radius 2 is 1.06 bits per heavy atom. The number of fused-ring (bicyclic) bond motifs is 1. The average molecular weight is 1110 g/mol. The number of imide groups is 1. The number of carbonyl (C=O) groups is 6. The monoisotopic (exact) mass is 1110 g/mol. The lowest BCUT2D eigenvalue weighted by atomic mass is 9.93. The highest BCUT2D eigenvalue weighted by Gasteiger charge is 2.59. The number of hydrogen-bond donors (Lipinski definition) is 1. The van der Waals surface area contributed by atoms with E-state index in [2.05, 4.69) is 31.0 Å². The molecule has 3 aliphatic rings. The maximum absolute atomic E-state index is 14.5. The third-order valence-electron chi connectivity index (χ3n) is 14.2. The number of nitrogens with one attached hydrogen (secondary N) is 1. The van der Waals surface area contributed by atoms with Crippen molar-refractivity contribution in [2.24, 2.45) is 0 Å². The minimum Gasteiger partial charge on any atom is -0.457 e. The van der Waals surface area contributed by atoms with E-state index in [1.165, 1.54) is 58.6 Å². The van der Waals surface area contributed by atoms with E-state index in [0.717, 1.165) is 67.4 Å². The molecule has 436 valence electrons. The van der Waals surface area contributed by atoms with Crippen LogP contribution in [0.2, 0.25) is 0 Å². The smallest absolute Gasteiger partial charge is 0.303 e. The lowest BCUT2D eigenvalue weighted by Crippen LogP contribution is -2.71. The van der Waals surface area contributed by atoms with Crippen LogP contribution in [0.1, 0.15) is 162 Å². The zero-order valence-electron chi connectivity index (χ0n) is 47.2. The van der Waals surface area contributed by atoms with Crippen LogP contribution < -0.4 is 5.32 Å². The summed E-state index contributed by atoms with van der Waals surface area (Å²) in [7, 11) is 0. The Morgan fingerprint density at radius 3 is 1.61 bits per heavy atom. The minimum atomic E-state index is -1.60. The molecule has 6 rings (SSSR count). The highest BCUT2D eigenvalue weighted by molar-refractivity contribution is 6.21. The van der Waals surface area contributed by atoms with E-state index >= 15 is 0 Å². The second-order valence-electron chi connectivity index (χ2n) is 20.7. The summed E-state index contributed by atoms with van der Waals surface area (Å²) in [6, 6.07) is 22.2. The number of benzene rings is 3. The van der Waals surface area contributed by atoms with Gasteiger partial charge in [-0.05, 0) is 68.2 Å². The second kappa shape index (κ2) is 34.3. The molecule has 0 saturated carbocycles. The Kier molecular flexibility index (Phi) is 27.0. The largest absolute Gasteiger partial charge is 0.457 e. The molecular formula is C63H84N2O15. The van der Waals surface area contributed by atoms with Gasteiger partial charge in [-0.15, -0.1) is 6.58 Å². The fraction of sp³-hybridized carbons (Fsp3) is 0.556. The third kappa shape index (κ3) is 19.6. The van der Waals surface area contributed by atoms with Gasteiger partial charge in [-0.1, -0.05) is 149 Å². The highest BCUT2D eigenvalue weighted by atomic mass is 16.7. The Bertz CT molecular complexity index is 2400. The van der Waals surface area contributed by atoms with Crippen LogP contribution in [-0.2, 0) is 75.0 Å². The van der Waals surface area contributed by atoms with Crippen molar-refractivity contribution < 1.29 is 71.4 Å².